The second kappa shape index (κ2) is 5.84. The molecule has 0 spiro atoms. The highest BCUT2D eigenvalue weighted by molar-refractivity contribution is 5.88. The highest BCUT2D eigenvalue weighted by Crippen LogP contribution is 2.32. The van der Waals surface area contributed by atoms with Crippen LogP contribution in [0.4, 0.5) is 24.5 Å². The van der Waals surface area contributed by atoms with E-state index in [1.54, 1.807) is 0 Å². The molecule has 22 heavy (non-hydrogen) atoms. The Labute approximate surface area is 122 Å². The van der Waals surface area contributed by atoms with Crippen LogP contribution < -0.4 is 5.01 Å². The van der Waals surface area contributed by atoms with Gasteiger partial charge in [0.05, 0.1) is 27.8 Å². The number of rotatable bonds is 4. The number of carboxylic acids is 1. The number of carboxylic acid groups (broad SMARTS) is 1. The molecule has 1 N–H and O–H groups in total. The number of hydrogen-bond acceptors (Lipinski definition) is 3. The summed E-state index contributed by atoms with van der Waals surface area (Å²) in [6, 6.07) is 9.08. The van der Waals surface area contributed by atoms with E-state index in [9.17, 15) is 22.9 Å². The number of nitrogens with zero attached hydrogens (tertiary/aromatic N) is 2. The van der Waals surface area contributed by atoms with Gasteiger partial charge in [-0.3, -0.25) is 0 Å². The van der Waals surface area contributed by atoms with Gasteiger partial charge in [0, 0.05) is 0 Å². The molecule has 0 saturated carbocycles. The summed E-state index contributed by atoms with van der Waals surface area (Å²) < 4.78 is 37.5. The zero-order valence-corrected chi connectivity index (χ0v) is 10.9. The summed E-state index contributed by atoms with van der Waals surface area (Å²) in [6.07, 6.45) is -4.47. The summed E-state index contributed by atoms with van der Waals surface area (Å²) in [4.78, 5) is 21.7. The van der Waals surface area contributed by atoms with Crippen LogP contribution >= 0.6 is 0 Å². The van der Waals surface area contributed by atoms with Gasteiger partial charge in [0.25, 0.3) is 0 Å². The van der Waals surface area contributed by atoms with E-state index in [-0.39, 0.29) is 16.9 Å². The molecule has 2 rings (SSSR count). The van der Waals surface area contributed by atoms with E-state index in [1.165, 1.54) is 24.3 Å². The maximum Gasteiger partial charge on any atom is 0.416 e. The van der Waals surface area contributed by atoms with E-state index >= 15 is 0 Å². The lowest BCUT2D eigenvalue weighted by molar-refractivity contribution is -0.137. The summed E-state index contributed by atoms with van der Waals surface area (Å²) in [7, 11) is 0. The van der Waals surface area contributed by atoms with Crippen LogP contribution in [0.5, 0.6) is 0 Å². The second-order valence-corrected chi connectivity index (χ2v) is 4.29. The standard InChI is InChI=1S/C14H9F3N2O3/c15-14(16,17)10-3-7-12(8-4-10)19(18-22)11-5-1-9(2-6-11)13(20)21/h1-8H,(H,20,21). The van der Waals surface area contributed by atoms with Crippen LogP contribution in [0.1, 0.15) is 15.9 Å². The number of hydrogen-bond donors (Lipinski definition) is 1. The number of alkyl halides is 3. The first kappa shape index (κ1) is 15.5. The molecule has 0 aliphatic heterocycles. The Morgan fingerprint density at radius 2 is 1.41 bits per heavy atom. The van der Waals surface area contributed by atoms with Gasteiger partial charge >= 0.3 is 12.1 Å². The Balaban J connectivity index is 2.31. The molecule has 0 unspecified atom stereocenters. The van der Waals surface area contributed by atoms with E-state index in [0.717, 1.165) is 29.3 Å². The van der Waals surface area contributed by atoms with Gasteiger partial charge in [-0.2, -0.15) is 18.2 Å². The molecule has 0 aromatic heterocycles. The molecular weight excluding hydrogens is 301 g/mol. The maximum absolute atomic E-state index is 12.5. The highest BCUT2D eigenvalue weighted by atomic mass is 19.4. The third-order valence-corrected chi connectivity index (χ3v) is 2.88. The molecular formula is C14H9F3N2O3. The van der Waals surface area contributed by atoms with E-state index in [2.05, 4.69) is 5.29 Å². The summed E-state index contributed by atoms with van der Waals surface area (Å²) in [5.74, 6) is -1.13. The number of benzene rings is 2. The van der Waals surface area contributed by atoms with E-state index < -0.39 is 17.7 Å². The van der Waals surface area contributed by atoms with Crippen molar-refractivity contribution in [1.82, 2.24) is 0 Å². The molecule has 0 aliphatic carbocycles. The molecule has 0 radical (unpaired) electrons. The molecule has 2 aromatic carbocycles. The molecule has 5 nitrogen and oxygen atoms in total. The number of anilines is 2. The topological polar surface area (TPSA) is 70.0 Å². The molecule has 2 aromatic rings. The number of carbonyl (C=O) groups is 1. The first-order valence-electron chi connectivity index (χ1n) is 5.97. The van der Waals surface area contributed by atoms with Crippen molar-refractivity contribution in [3.05, 3.63) is 64.6 Å². The Kier molecular flexibility index (Phi) is 4.11. The van der Waals surface area contributed by atoms with Crippen LogP contribution in [0.3, 0.4) is 0 Å². The largest absolute Gasteiger partial charge is 0.478 e. The zero-order chi connectivity index (χ0) is 16.3. The van der Waals surface area contributed by atoms with Crippen molar-refractivity contribution >= 4 is 17.3 Å². The van der Waals surface area contributed by atoms with Crippen molar-refractivity contribution < 1.29 is 23.1 Å². The molecule has 0 bridgehead atoms. The maximum atomic E-state index is 12.5. The fraction of sp³-hybridized carbons (Fsp3) is 0.0714. The predicted octanol–water partition coefficient (Wildman–Crippen LogP) is 4.22. The average Bonchev–Trinajstić information content (AvgIpc) is 2.48. The molecule has 0 fully saturated rings. The van der Waals surface area contributed by atoms with Gasteiger partial charge in [-0.15, -0.1) is 4.91 Å². The van der Waals surface area contributed by atoms with Crippen LogP contribution in [0.15, 0.2) is 53.8 Å². The van der Waals surface area contributed by atoms with Gasteiger partial charge in [0.15, 0.2) is 0 Å². The van der Waals surface area contributed by atoms with Crippen LogP contribution in [0, 0.1) is 4.91 Å². The lowest BCUT2D eigenvalue weighted by Gasteiger charge is -2.16. The third kappa shape index (κ3) is 3.22. The minimum atomic E-state index is -4.47. The van der Waals surface area contributed by atoms with Crippen molar-refractivity contribution in [3.63, 3.8) is 0 Å². The monoisotopic (exact) mass is 310 g/mol. The SMILES string of the molecule is O=NN(c1ccc(C(=O)O)cc1)c1ccc(C(F)(F)F)cc1. The minimum absolute atomic E-state index is 0.0158. The van der Waals surface area contributed by atoms with Gasteiger partial charge in [0.1, 0.15) is 0 Å². The fourth-order valence-corrected chi connectivity index (χ4v) is 1.78. The van der Waals surface area contributed by atoms with E-state index in [0.29, 0.717) is 0 Å². The number of nitroso groups, excluding NO2 is 1. The van der Waals surface area contributed by atoms with Gasteiger partial charge < -0.3 is 5.11 Å². The summed E-state index contributed by atoms with van der Waals surface area (Å²) in [6.45, 7) is 0. The summed E-state index contributed by atoms with van der Waals surface area (Å²) in [5, 5.41) is 12.4. The van der Waals surface area contributed by atoms with Crippen LogP contribution in [-0.2, 0) is 6.18 Å². The molecule has 0 amide bonds. The van der Waals surface area contributed by atoms with Crippen molar-refractivity contribution in [1.29, 1.82) is 0 Å². The Bertz CT molecular complexity index is 682. The van der Waals surface area contributed by atoms with Crippen molar-refractivity contribution in [2.75, 3.05) is 5.01 Å². The lowest BCUT2D eigenvalue weighted by atomic mass is 10.1. The van der Waals surface area contributed by atoms with Crippen LogP contribution in [0.2, 0.25) is 0 Å². The first-order valence-corrected chi connectivity index (χ1v) is 5.97. The molecule has 114 valence electrons. The molecule has 0 heterocycles. The average molecular weight is 310 g/mol. The van der Waals surface area contributed by atoms with Crippen molar-refractivity contribution in [2.45, 2.75) is 6.18 Å². The smallest absolute Gasteiger partial charge is 0.416 e. The molecule has 8 heteroatoms. The van der Waals surface area contributed by atoms with Gasteiger partial charge in [-0.25, -0.2) is 4.79 Å². The van der Waals surface area contributed by atoms with Gasteiger partial charge in [-0.05, 0) is 48.5 Å². The quantitative estimate of drug-likeness (QED) is 0.678. The van der Waals surface area contributed by atoms with Crippen LogP contribution in [0.25, 0.3) is 0 Å². The Morgan fingerprint density at radius 1 is 0.955 bits per heavy atom. The zero-order valence-electron chi connectivity index (χ0n) is 10.9. The van der Waals surface area contributed by atoms with Gasteiger partial charge in [-0.1, -0.05) is 0 Å². The normalized spacial score (nSPS) is 11.0. The second-order valence-electron chi connectivity index (χ2n) is 4.29. The Morgan fingerprint density at radius 3 is 1.77 bits per heavy atom. The van der Waals surface area contributed by atoms with Crippen LogP contribution in [-0.4, -0.2) is 11.1 Å². The summed E-state index contributed by atoms with van der Waals surface area (Å²) in [5.41, 5.74) is -0.462. The minimum Gasteiger partial charge on any atom is -0.478 e. The molecule has 0 aliphatic rings. The lowest BCUT2D eigenvalue weighted by Crippen LogP contribution is -2.09. The predicted molar refractivity (Wildman–Crippen MR) is 72.8 cm³/mol. The molecule has 0 atom stereocenters. The van der Waals surface area contributed by atoms with Gasteiger partial charge in [0.2, 0.25) is 0 Å². The third-order valence-electron chi connectivity index (χ3n) is 2.88. The van der Waals surface area contributed by atoms with E-state index in [1.807, 2.05) is 0 Å². The van der Waals surface area contributed by atoms with Crippen molar-refractivity contribution in [3.8, 4) is 0 Å². The fourth-order valence-electron chi connectivity index (χ4n) is 1.78. The number of aromatic carboxylic acids is 1. The number of halogens is 3. The van der Waals surface area contributed by atoms with E-state index in [4.69, 9.17) is 5.11 Å². The van der Waals surface area contributed by atoms with Crippen molar-refractivity contribution in [2.24, 2.45) is 5.29 Å². The molecule has 0 saturated heterocycles. The Hall–Kier alpha value is -2.90. The summed E-state index contributed by atoms with van der Waals surface area (Å²) >= 11 is 0. The highest BCUT2D eigenvalue weighted by Gasteiger charge is 2.30. The first-order chi connectivity index (χ1) is 10.3.